The molecule has 0 radical (unpaired) electrons. The largest absolute Gasteiger partial charge is 0.308 e. The predicted molar refractivity (Wildman–Crippen MR) is 118 cm³/mol. The summed E-state index contributed by atoms with van der Waals surface area (Å²) in [5.74, 6) is -0.0962. The van der Waals surface area contributed by atoms with Gasteiger partial charge >= 0.3 is 0 Å². The first kappa shape index (κ1) is 22.2. The van der Waals surface area contributed by atoms with Crippen LogP contribution in [0.1, 0.15) is 28.9 Å². The maximum Gasteiger partial charge on any atom is 0.264 e. The van der Waals surface area contributed by atoms with Crippen LogP contribution in [0.2, 0.25) is 10.0 Å². The number of alkyl halides is 2. The van der Waals surface area contributed by atoms with Crippen molar-refractivity contribution in [2.24, 2.45) is 0 Å². The zero-order valence-corrected chi connectivity index (χ0v) is 18.6. The van der Waals surface area contributed by atoms with Crippen molar-refractivity contribution in [3.63, 3.8) is 0 Å². The number of carbonyl (C=O) groups excluding carboxylic acids is 1. The van der Waals surface area contributed by atoms with Crippen LogP contribution in [0, 0.1) is 13.8 Å². The van der Waals surface area contributed by atoms with E-state index >= 15 is 0 Å². The SMILES string of the molecule is Cc1cc(C(F)F)c2c(C)nn(CC(=O)Nc3ccn(Cc4c(Cl)cccc4Cl)n3)c2n1. The molecule has 0 saturated carbocycles. The summed E-state index contributed by atoms with van der Waals surface area (Å²) in [7, 11) is 0. The highest BCUT2D eigenvalue weighted by Gasteiger charge is 2.21. The lowest BCUT2D eigenvalue weighted by molar-refractivity contribution is -0.116. The number of aryl methyl sites for hydroxylation is 2. The lowest BCUT2D eigenvalue weighted by atomic mass is 10.1. The molecule has 11 heteroatoms. The Bertz CT molecular complexity index is 1300. The third-order valence-electron chi connectivity index (χ3n) is 4.85. The second-order valence-corrected chi connectivity index (χ2v) is 8.06. The first-order valence-electron chi connectivity index (χ1n) is 9.62. The fraction of sp³-hybridized carbons (Fsp3) is 0.238. The van der Waals surface area contributed by atoms with Gasteiger partial charge in [-0.2, -0.15) is 10.2 Å². The Kier molecular flexibility index (Phi) is 6.12. The molecule has 1 aromatic carbocycles. The van der Waals surface area contributed by atoms with Gasteiger partial charge in [-0.25, -0.2) is 18.4 Å². The zero-order chi connectivity index (χ0) is 23.0. The number of pyridine rings is 1. The number of amides is 1. The lowest BCUT2D eigenvalue weighted by Gasteiger charge is -2.07. The standard InChI is InChI=1S/C21H18Cl2F2N6O/c1-11-8-13(20(24)25)19-12(2)28-31(21(19)26-11)10-18(32)27-17-6-7-30(29-17)9-14-15(22)4-3-5-16(14)23/h3-8,20H,9-10H2,1-2H3,(H,27,29,32). The Balaban J connectivity index is 1.51. The van der Waals surface area contributed by atoms with E-state index in [1.807, 2.05) is 0 Å². The molecule has 0 aliphatic carbocycles. The van der Waals surface area contributed by atoms with Gasteiger partial charge in [0.15, 0.2) is 11.5 Å². The number of hydrogen-bond donors (Lipinski definition) is 1. The number of benzene rings is 1. The molecule has 3 aromatic heterocycles. The van der Waals surface area contributed by atoms with Gasteiger partial charge in [-0.3, -0.25) is 9.48 Å². The van der Waals surface area contributed by atoms with Crippen molar-refractivity contribution in [3.05, 3.63) is 69.1 Å². The number of rotatable bonds is 6. The van der Waals surface area contributed by atoms with Gasteiger partial charge in [-0.1, -0.05) is 29.3 Å². The summed E-state index contributed by atoms with van der Waals surface area (Å²) in [5.41, 5.74) is 1.62. The predicted octanol–water partition coefficient (Wildman–Crippen LogP) is 5.18. The second-order valence-electron chi connectivity index (χ2n) is 7.24. The van der Waals surface area contributed by atoms with E-state index in [0.29, 0.717) is 39.4 Å². The minimum Gasteiger partial charge on any atom is -0.308 e. The molecule has 1 amide bonds. The first-order chi connectivity index (χ1) is 15.2. The smallest absolute Gasteiger partial charge is 0.264 e. The molecule has 0 bridgehead atoms. The molecule has 32 heavy (non-hydrogen) atoms. The van der Waals surface area contributed by atoms with Crippen molar-refractivity contribution in [2.75, 3.05) is 5.32 Å². The summed E-state index contributed by atoms with van der Waals surface area (Å²) < 4.78 is 29.8. The van der Waals surface area contributed by atoms with Crippen LogP contribution >= 0.6 is 23.2 Å². The molecule has 0 aliphatic heterocycles. The van der Waals surface area contributed by atoms with Crippen LogP contribution in [-0.2, 0) is 17.9 Å². The molecule has 3 heterocycles. The Morgan fingerprint density at radius 3 is 2.56 bits per heavy atom. The van der Waals surface area contributed by atoms with Crippen molar-refractivity contribution in [3.8, 4) is 0 Å². The van der Waals surface area contributed by atoms with E-state index in [4.69, 9.17) is 23.2 Å². The van der Waals surface area contributed by atoms with E-state index in [2.05, 4.69) is 20.5 Å². The van der Waals surface area contributed by atoms with E-state index < -0.39 is 12.3 Å². The monoisotopic (exact) mass is 478 g/mol. The molecule has 4 aromatic rings. The van der Waals surface area contributed by atoms with Gasteiger partial charge in [-0.05, 0) is 32.0 Å². The van der Waals surface area contributed by atoms with Crippen molar-refractivity contribution < 1.29 is 13.6 Å². The highest BCUT2D eigenvalue weighted by molar-refractivity contribution is 6.35. The minimum atomic E-state index is -2.67. The molecule has 0 unspecified atom stereocenters. The molecule has 0 saturated heterocycles. The van der Waals surface area contributed by atoms with E-state index in [1.54, 1.807) is 49.0 Å². The highest BCUT2D eigenvalue weighted by Crippen LogP contribution is 2.30. The van der Waals surface area contributed by atoms with Crippen LogP contribution in [0.25, 0.3) is 11.0 Å². The molecular weight excluding hydrogens is 461 g/mol. The van der Waals surface area contributed by atoms with Crippen LogP contribution in [0.15, 0.2) is 36.5 Å². The second kappa shape index (κ2) is 8.84. The topological polar surface area (TPSA) is 77.6 Å². The number of nitrogens with one attached hydrogen (secondary N) is 1. The molecule has 0 fully saturated rings. The maximum atomic E-state index is 13.5. The van der Waals surface area contributed by atoms with E-state index in [-0.39, 0.29) is 23.1 Å². The molecule has 0 aliphatic rings. The van der Waals surface area contributed by atoms with E-state index in [1.165, 1.54) is 10.7 Å². The van der Waals surface area contributed by atoms with Crippen LogP contribution in [-0.4, -0.2) is 30.5 Å². The van der Waals surface area contributed by atoms with Crippen molar-refractivity contribution in [2.45, 2.75) is 33.4 Å². The number of anilines is 1. The normalized spacial score (nSPS) is 11.5. The number of halogens is 4. The summed E-state index contributed by atoms with van der Waals surface area (Å²) in [6.07, 6.45) is -0.984. The molecule has 0 spiro atoms. The highest BCUT2D eigenvalue weighted by atomic mass is 35.5. The molecule has 0 atom stereocenters. The average Bonchev–Trinajstić information content (AvgIpc) is 3.28. The number of nitrogens with zero attached hydrogens (tertiary/aromatic N) is 5. The van der Waals surface area contributed by atoms with Gasteiger partial charge in [0, 0.05) is 39.1 Å². The number of aromatic nitrogens is 5. The Labute approximate surface area is 192 Å². The molecule has 1 N–H and O–H groups in total. The molecule has 7 nitrogen and oxygen atoms in total. The van der Waals surface area contributed by atoms with E-state index in [9.17, 15) is 13.6 Å². The third kappa shape index (κ3) is 4.44. The summed E-state index contributed by atoms with van der Waals surface area (Å²) in [4.78, 5) is 16.9. The van der Waals surface area contributed by atoms with Gasteiger partial charge in [0.05, 0.1) is 17.6 Å². The summed E-state index contributed by atoms with van der Waals surface area (Å²) in [5, 5.41) is 12.5. The summed E-state index contributed by atoms with van der Waals surface area (Å²) >= 11 is 12.4. The molecular formula is C21H18Cl2F2N6O. The summed E-state index contributed by atoms with van der Waals surface area (Å²) in [6, 6.07) is 8.20. The van der Waals surface area contributed by atoms with Crippen LogP contribution in [0.5, 0.6) is 0 Å². The van der Waals surface area contributed by atoms with Crippen molar-refractivity contribution >= 4 is 46.0 Å². The minimum absolute atomic E-state index is 0.145. The van der Waals surface area contributed by atoms with Crippen LogP contribution in [0.4, 0.5) is 14.6 Å². The number of carbonyl (C=O) groups is 1. The van der Waals surface area contributed by atoms with E-state index in [0.717, 1.165) is 0 Å². The average molecular weight is 479 g/mol. The van der Waals surface area contributed by atoms with Crippen LogP contribution in [0.3, 0.4) is 0 Å². The number of hydrogen-bond acceptors (Lipinski definition) is 4. The fourth-order valence-corrected chi connectivity index (χ4v) is 4.00. The van der Waals surface area contributed by atoms with Gasteiger partial charge in [0.25, 0.3) is 6.43 Å². The van der Waals surface area contributed by atoms with Gasteiger partial charge in [-0.15, -0.1) is 0 Å². The van der Waals surface area contributed by atoms with Gasteiger partial charge in [0.2, 0.25) is 5.91 Å². The first-order valence-corrected chi connectivity index (χ1v) is 10.4. The van der Waals surface area contributed by atoms with Crippen molar-refractivity contribution in [1.82, 2.24) is 24.5 Å². The third-order valence-corrected chi connectivity index (χ3v) is 5.56. The zero-order valence-electron chi connectivity index (χ0n) is 17.1. The summed E-state index contributed by atoms with van der Waals surface area (Å²) in [6.45, 7) is 3.36. The molecule has 4 rings (SSSR count). The quantitative estimate of drug-likeness (QED) is 0.414. The maximum absolute atomic E-state index is 13.5. The number of fused-ring (bicyclic) bond motifs is 1. The molecule has 166 valence electrons. The Morgan fingerprint density at radius 2 is 1.88 bits per heavy atom. The Hall–Kier alpha value is -3.04. The van der Waals surface area contributed by atoms with Gasteiger partial charge < -0.3 is 5.32 Å². The fourth-order valence-electron chi connectivity index (χ4n) is 3.48. The van der Waals surface area contributed by atoms with Crippen molar-refractivity contribution in [1.29, 1.82) is 0 Å². The Morgan fingerprint density at radius 1 is 1.16 bits per heavy atom. The lowest BCUT2D eigenvalue weighted by Crippen LogP contribution is -2.20. The van der Waals surface area contributed by atoms with Crippen LogP contribution < -0.4 is 5.32 Å². The van der Waals surface area contributed by atoms with Gasteiger partial charge in [0.1, 0.15) is 6.54 Å².